The van der Waals surface area contributed by atoms with Crippen molar-refractivity contribution in [3.05, 3.63) is 28.1 Å². The molecule has 0 saturated heterocycles. The molecule has 1 rings (SSSR count). The second kappa shape index (κ2) is 6.90. The molecule has 0 saturated carbocycles. The number of aromatic nitrogens is 1. The second-order valence-corrected chi connectivity index (χ2v) is 4.71. The Bertz CT molecular complexity index is 631. The van der Waals surface area contributed by atoms with Gasteiger partial charge in [0, 0.05) is 6.54 Å². The summed E-state index contributed by atoms with van der Waals surface area (Å²) >= 11 is 0. The van der Waals surface area contributed by atoms with Crippen LogP contribution < -0.4 is 0 Å². The van der Waals surface area contributed by atoms with Gasteiger partial charge in [-0.05, 0) is 19.2 Å². The van der Waals surface area contributed by atoms with Crippen LogP contribution in [0.2, 0.25) is 0 Å². The molecule has 1 aromatic heterocycles. The molecule has 0 radical (unpaired) electrons. The number of aromatic carboxylic acids is 2. The number of carbonyl (C=O) groups is 2. The number of hydrogen-bond acceptors (Lipinski definition) is 4. The Labute approximate surface area is 128 Å². The zero-order chi connectivity index (χ0) is 17.9. The molecule has 0 aliphatic heterocycles. The van der Waals surface area contributed by atoms with E-state index in [1.54, 1.807) is 6.92 Å². The van der Waals surface area contributed by atoms with Crippen molar-refractivity contribution in [2.75, 3.05) is 13.6 Å². The van der Waals surface area contributed by atoms with Gasteiger partial charge in [0.1, 0.15) is 6.67 Å². The van der Waals surface area contributed by atoms with Gasteiger partial charge in [-0.3, -0.25) is 0 Å². The first kappa shape index (κ1) is 18.8. The average Bonchev–Trinajstić information content (AvgIpc) is 2.43. The zero-order valence-corrected chi connectivity index (χ0v) is 12.2. The Hall–Kier alpha value is -2.23. The standard InChI is InChI=1S/C13H14F4N2O4/c1-3-19(2)5-6-8(11(20)21)7(4-14)18-10(13(15,16)17)9(6)12(22)23/h3-5H2,1-2H3,(H,20,21)(H,22,23). The van der Waals surface area contributed by atoms with Gasteiger partial charge in [-0.2, -0.15) is 13.2 Å². The lowest BCUT2D eigenvalue weighted by Crippen LogP contribution is -2.27. The van der Waals surface area contributed by atoms with Crippen LogP contribution >= 0.6 is 0 Å². The van der Waals surface area contributed by atoms with E-state index < -0.39 is 59.4 Å². The highest BCUT2D eigenvalue weighted by Crippen LogP contribution is 2.35. The van der Waals surface area contributed by atoms with E-state index in [1.165, 1.54) is 11.9 Å². The highest BCUT2D eigenvalue weighted by Gasteiger charge is 2.41. The number of pyridine rings is 1. The van der Waals surface area contributed by atoms with Gasteiger partial charge in [0.25, 0.3) is 0 Å². The molecule has 0 aromatic carbocycles. The van der Waals surface area contributed by atoms with Crippen molar-refractivity contribution in [3.63, 3.8) is 0 Å². The lowest BCUT2D eigenvalue weighted by Gasteiger charge is -2.21. The summed E-state index contributed by atoms with van der Waals surface area (Å²) in [5, 5.41) is 18.3. The molecule has 0 aliphatic carbocycles. The molecule has 0 aliphatic rings. The van der Waals surface area contributed by atoms with Gasteiger partial charge in [0.15, 0.2) is 5.69 Å². The van der Waals surface area contributed by atoms with Crippen molar-refractivity contribution in [2.24, 2.45) is 0 Å². The largest absolute Gasteiger partial charge is 0.478 e. The maximum absolute atomic E-state index is 13.0. The Balaban J connectivity index is 3.89. The Morgan fingerprint density at radius 3 is 2.04 bits per heavy atom. The van der Waals surface area contributed by atoms with E-state index in [4.69, 9.17) is 10.2 Å². The van der Waals surface area contributed by atoms with Gasteiger partial charge >= 0.3 is 18.1 Å². The molecule has 0 atom stereocenters. The fourth-order valence-electron chi connectivity index (χ4n) is 2.01. The lowest BCUT2D eigenvalue weighted by atomic mass is 9.97. The van der Waals surface area contributed by atoms with E-state index in [1.807, 2.05) is 0 Å². The SMILES string of the molecule is CCN(C)Cc1c(C(=O)O)c(CF)nc(C(F)(F)F)c1C(=O)O. The Kier molecular flexibility index (Phi) is 5.65. The van der Waals surface area contributed by atoms with Gasteiger partial charge < -0.3 is 15.1 Å². The van der Waals surface area contributed by atoms with E-state index in [2.05, 4.69) is 4.98 Å². The van der Waals surface area contributed by atoms with Crippen LogP contribution in [0.4, 0.5) is 17.6 Å². The number of nitrogens with zero attached hydrogens (tertiary/aromatic N) is 2. The summed E-state index contributed by atoms with van der Waals surface area (Å²) in [5.41, 5.74) is -5.49. The predicted octanol–water partition coefficient (Wildman–Crippen LogP) is 2.42. The number of alkyl halides is 4. The normalized spacial score (nSPS) is 11.8. The molecule has 0 spiro atoms. The highest BCUT2D eigenvalue weighted by molar-refractivity contribution is 5.98. The summed E-state index contributed by atoms with van der Waals surface area (Å²) in [6.45, 7) is -0.0125. The molecular weight excluding hydrogens is 324 g/mol. The van der Waals surface area contributed by atoms with Crippen molar-refractivity contribution in [1.82, 2.24) is 9.88 Å². The molecule has 1 aromatic rings. The summed E-state index contributed by atoms with van der Waals surface area (Å²) in [7, 11) is 1.46. The fourth-order valence-corrected chi connectivity index (χ4v) is 2.01. The number of hydrogen-bond donors (Lipinski definition) is 2. The fraction of sp³-hybridized carbons (Fsp3) is 0.462. The minimum Gasteiger partial charge on any atom is -0.478 e. The smallest absolute Gasteiger partial charge is 0.434 e. The molecule has 0 bridgehead atoms. The van der Waals surface area contributed by atoms with Crippen LogP contribution in [0.5, 0.6) is 0 Å². The first-order valence-electron chi connectivity index (χ1n) is 6.38. The summed E-state index contributed by atoms with van der Waals surface area (Å²) in [6.07, 6.45) is -5.16. The van der Waals surface area contributed by atoms with Gasteiger partial charge in [0.2, 0.25) is 0 Å². The van der Waals surface area contributed by atoms with Gasteiger partial charge in [-0.25, -0.2) is 19.0 Å². The maximum Gasteiger partial charge on any atom is 0.434 e. The number of carboxylic acids is 2. The summed E-state index contributed by atoms with van der Waals surface area (Å²) < 4.78 is 52.1. The predicted molar refractivity (Wildman–Crippen MR) is 70.0 cm³/mol. The van der Waals surface area contributed by atoms with Crippen molar-refractivity contribution in [3.8, 4) is 0 Å². The third kappa shape index (κ3) is 3.95. The molecule has 0 fully saturated rings. The average molecular weight is 338 g/mol. The molecule has 128 valence electrons. The minimum atomic E-state index is -5.16. The van der Waals surface area contributed by atoms with Crippen LogP contribution in [-0.2, 0) is 19.4 Å². The molecule has 23 heavy (non-hydrogen) atoms. The van der Waals surface area contributed by atoms with Crippen LogP contribution in [0.25, 0.3) is 0 Å². The van der Waals surface area contributed by atoms with E-state index in [9.17, 15) is 27.2 Å². The van der Waals surface area contributed by atoms with E-state index in [-0.39, 0.29) is 0 Å². The van der Waals surface area contributed by atoms with Crippen LogP contribution in [0, 0.1) is 0 Å². The summed E-state index contributed by atoms with van der Waals surface area (Å²) in [4.78, 5) is 26.9. The van der Waals surface area contributed by atoms with Crippen molar-refractivity contribution in [2.45, 2.75) is 26.3 Å². The van der Waals surface area contributed by atoms with Crippen LogP contribution in [-0.4, -0.2) is 45.6 Å². The molecule has 2 N–H and O–H groups in total. The van der Waals surface area contributed by atoms with Crippen molar-refractivity contribution >= 4 is 11.9 Å². The first-order chi connectivity index (χ1) is 10.5. The highest BCUT2D eigenvalue weighted by atomic mass is 19.4. The maximum atomic E-state index is 13.0. The molecule has 1 heterocycles. The van der Waals surface area contributed by atoms with Gasteiger partial charge in [-0.15, -0.1) is 0 Å². The number of carboxylic acid groups (broad SMARTS) is 2. The Morgan fingerprint density at radius 2 is 1.70 bits per heavy atom. The molecule has 10 heteroatoms. The van der Waals surface area contributed by atoms with Crippen molar-refractivity contribution < 1.29 is 37.4 Å². The topological polar surface area (TPSA) is 90.7 Å². The monoisotopic (exact) mass is 338 g/mol. The summed E-state index contributed by atoms with van der Waals surface area (Å²) in [6, 6.07) is 0. The summed E-state index contributed by atoms with van der Waals surface area (Å²) in [5.74, 6) is -3.71. The molecule has 0 unspecified atom stereocenters. The quantitative estimate of drug-likeness (QED) is 0.774. The molecule has 0 amide bonds. The van der Waals surface area contributed by atoms with Gasteiger partial charge in [0.05, 0.1) is 16.8 Å². The third-order valence-corrected chi connectivity index (χ3v) is 3.17. The molecular formula is C13H14F4N2O4. The minimum absolute atomic E-state index is 0.312. The number of rotatable bonds is 6. The van der Waals surface area contributed by atoms with Crippen LogP contribution in [0.15, 0.2) is 0 Å². The van der Waals surface area contributed by atoms with Crippen LogP contribution in [0.1, 0.15) is 44.6 Å². The lowest BCUT2D eigenvalue weighted by molar-refractivity contribution is -0.141. The number of halogens is 4. The zero-order valence-electron chi connectivity index (χ0n) is 12.2. The Morgan fingerprint density at radius 1 is 1.17 bits per heavy atom. The van der Waals surface area contributed by atoms with E-state index >= 15 is 0 Å². The second-order valence-electron chi connectivity index (χ2n) is 4.71. The third-order valence-electron chi connectivity index (χ3n) is 3.17. The van der Waals surface area contributed by atoms with E-state index in [0.29, 0.717) is 6.54 Å². The first-order valence-corrected chi connectivity index (χ1v) is 6.38. The van der Waals surface area contributed by atoms with Crippen LogP contribution in [0.3, 0.4) is 0 Å². The van der Waals surface area contributed by atoms with Gasteiger partial charge in [-0.1, -0.05) is 6.92 Å². The van der Waals surface area contributed by atoms with Crippen molar-refractivity contribution in [1.29, 1.82) is 0 Å². The van der Waals surface area contributed by atoms with E-state index in [0.717, 1.165) is 0 Å². The molecule has 6 nitrogen and oxygen atoms in total.